The normalized spacial score (nSPS) is 23.9. The highest BCUT2D eigenvalue weighted by atomic mass is 19.3. The van der Waals surface area contributed by atoms with Gasteiger partial charge in [-0.05, 0) is 26.3 Å². The molecule has 1 aliphatic carbocycles. The molecule has 6 nitrogen and oxygen atoms in total. The van der Waals surface area contributed by atoms with Crippen molar-refractivity contribution < 1.29 is 27.8 Å². The summed E-state index contributed by atoms with van der Waals surface area (Å²) in [6.45, 7) is 4.98. The van der Waals surface area contributed by atoms with Crippen molar-refractivity contribution in [1.82, 2.24) is 9.80 Å². The predicted molar refractivity (Wildman–Crippen MR) is 88.8 cm³/mol. The highest BCUT2D eigenvalue weighted by Gasteiger charge is 2.77. The van der Waals surface area contributed by atoms with E-state index in [1.54, 1.807) is 45.0 Å². The van der Waals surface area contributed by atoms with Crippen molar-refractivity contribution in [2.45, 2.75) is 51.0 Å². The Bertz CT molecular complexity index is 690. The molecule has 3 rings (SSSR count). The molecule has 142 valence electrons. The van der Waals surface area contributed by atoms with Crippen LogP contribution in [0.5, 0.6) is 0 Å². The van der Waals surface area contributed by atoms with E-state index < -0.39 is 35.8 Å². The number of piperazine rings is 1. The first kappa shape index (κ1) is 18.4. The van der Waals surface area contributed by atoms with Gasteiger partial charge in [-0.2, -0.15) is 0 Å². The van der Waals surface area contributed by atoms with Crippen molar-refractivity contribution in [1.29, 1.82) is 0 Å². The lowest BCUT2D eigenvalue weighted by molar-refractivity contribution is 0.00730. The molecule has 0 spiro atoms. The Labute approximate surface area is 150 Å². The van der Waals surface area contributed by atoms with Crippen molar-refractivity contribution in [3.05, 3.63) is 35.9 Å². The van der Waals surface area contributed by atoms with Crippen LogP contribution in [0.2, 0.25) is 0 Å². The maximum atomic E-state index is 14.2. The first-order valence-corrected chi connectivity index (χ1v) is 8.46. The van der Waals surface area contributed by atoms with Crippen LogP contribution in [-0.4, -0.2) is 58.7 Å². The van der Waals surface area contributed by atoms with E-state index in [1.807, 2.05) is 6.07 Å². The fourth-order valence-electron chi connectivity index (χ4n) is 3.08. The predicted octanol–water partition coefficient (Wildman–Crippen LogP) is 3.26. The summed E-state index contributed by atoms with van der Waals surface area (Å²) in [4.78, 5) is 26.4. The van der Waals surface area contributed by atoms with Gasteiger partial charge in [-0.25, -0.2) is 18.4 Å². The molecule has 2 unspecified atom stereocenters. The number of benzene rings is 1. The van der Waals surface area contributed by atoms with Crippen LogP contribution < -0.4 is 0 Å². The maximum absolute atomic E-state index is 14.2. The zero-order chi connectivity index (χ0) is 19.1. The lowest BCUT2D eigenvalue weighted by Gasteiger charge is -2.33. The van der Waals surface area contributed by atoms with E-state index in [1.165, 1.54) is 0 Å². The van der Waals surface area contributed by atoms with E-state index in [4.69, 9.17) is 9.47 Å². The molecule has 0 N–H and O–H groups in total. The molecule has 2 atom stereocenters. The lowest BCUT2D eigenvalue weighted by Crippen LogP contribution is -2.51. The monoisotopic (exact) mass is 368 g/mol. The minimum absolute atomic E-state index is 0.00884. The summed E-state index contributed by atoms with van der Waals surface area (Å²) in [7, 11) is 0. The fraction of sp³-hybridized carbons (Fsp3) is 0.556. The van der Waals surface area contributed by atoms with Crippen LogP contribution in [-0.2, 0) is 16.1 Å². The highest BCUT2D eigenvalue weighted by molar-refractivity contribution is 5.74. The largest absolute Gasteiger partial charge is 0.445 e. The van der Waals surface area contributed by atoms with Crippen molar-refractivity contribution in [2.75, 3.05) is 13.1 Å². The average Bonchev–Trinajstić information content (AvgIpc) is 3.14. The van der Waals surface area contributed by atoms with E-state index in [0.29, 0.717) is 0 Å². The minimum atomic E-state index is -3.17. The van der Waals surface area contributed by atoms with Gasteiger partial charge in [0, 0.05) is 13.1 Å². The Kier molecular flexibility index (Phi) is 4.54. The number of fused-ring (bicyclic) bond motifs is 1. The molecule has 0 radical (unpaired) electrons. The first-order chi connectivity index (χ1) is 12.1. The summed E-state index contributed by atoms with van der Waals surface area (Å²) in [5, 5.41) is 0. The Morgan fingerprint density at radius 3 is 2.15 bits per heavy atom. The number of nitrogens with zero attached hydrogens (tertiary/aromatic N) is 2. The Balaban J connectivity index is 1.63. The van der Waals surface area contributed by atoms with Crippen LogP contribution in [0.25, 0.3) is 0 Å². The molecule has 0 bridgehead atoms. The number of carbonyl (C=O) groups is 2. The Morgan fingerprint density at radius 1 is 1.08 bits per heavy atom. The number of rotatable bonds is 2. The van der Waals surface area contributed by atoms with Crippen molar-refractivity contribution >= 4 is 12.2 Å². The topological polar surface area (TPSA) is 59.1 Å². The van der Waals surface area contributed by atoms with Gasteiger partial charge in [0.1, 0.15) is 24.3 Å². The van der Waals surface area contributed by atoms with Gasteiger partial charge in [0.2, 0.25) is 0 Å². The lowest BCUT2D eigenvalue weighted by atomic mass is 10.2. The average molecular weight is 368 g/mol. The van der Waals surface area contributed by atoms with Crippen molar-refractivity contribution in [3.8, 4) is 0 Å². The van der Waals surface area contributed by atoms with Gasteiger partial charge in [0.25, 0.3) is 5.92 Å². The van der Waals surface area contributed by atoms with Crippen LogP contribution in [0.4, 0.5) is 18.4 Å². The zero-order valence-corrected chi connectivity index (χ0v) is 14.9. The number of hydrogen-bond donors (Lipinski definition) is 0. The van der Waals surface area contributed by atoms with Crippen molar-refractivity contribution in [2.24, 2.45) is 0 Å². The second-order valence-electron chi connectivity index (χ2n) is 7.47. The molecule has 1 saturated heterocycles. The quantitative estimate of drug-likeness (QED) is 0.804. The third-order valence-electron chi connectivity index (χ3n) is 4.30. The molecule has 1 heterocycles. The van der Waals surface area contributed by atoms with E-state index in [-0.39, 0.29) is 19.7 Å². The summed E-state index contributed by atoms with van der Waals surface area (Å²) in [5.74, 6) is -3.17. The molecule has 2 amide bonds. The van der Waals surface area contributed by atoms with Gasteiger partial charge in [-0.15, -0.1) is 0 Å². The maximum Gasteiger partial charge on any atom is 0.410 e. The van der Waals surface area contributed by atoms with E-state index in [2.05, 4.69) is 0 Å². The van der Waals surface area contributed by atoms with Gasteiger partial charge in [-0.1, -0.05) is 30.3 Å². The second kappa shape index (κ2) is 6.41. The van der Waals surface area contributed by atoms with Crippen LogP contribution in [0.1, 0.15) is 26.3 Å². The van der Waals surface area contributed by atoms with Crippen LogP contribution >= 0.6 is 0 Å². The molecule has 2 fully saturated rings. The zero-order valence-electron chi connectivity index (χ0n) is 14.9. The number of amides is 2. The van der Waals surface area contributed by atoms with Gasteiger partial charge in [0.15, 0.2) is 0 Å². The fourth-order valence-corrected chi connectivity index (χ4v) is 3.08. The third-order valence-corrected chi connectivity index (χ3v) is 4.30. The number of hydrogen-bond acceptors (Lipinski definition) is 4. The summed E-state index contributed by atoms with van der Waals surface area (Å²) in [6.07, 6.45) is -1.59. The molecule has 1 saturated carbocycles. The Hall–Kier alpha value is -2.38. The number of carbonyl (C=O) groups excluding carboxylic acids is 2. The summed E-state index contributed by atoms with van der Waals surface area (Å²) in [5.41, 5.74) is -0.00460. The minimum Gasteiger partial charge on any atom is -0.445 e. The molecule has 1 aromatic carbocycles. The number of alkyl halides is 2. The SMILES string of the molecule is CC(C)(C)OC(=O)N1CCN(C(=O)OCc2ccccc2)C2C1C2(F)F. The third kappa shape index (κ3) is 3.59. The van der Waals surface area contributed by atoms with E-state index in [9.17, 15) is 18.4 Å². The standard InChI is InChI=1S/C18H22F2N2O4/c1-17(2,3)26-16(24)22-10-9-21(13-14(22)18(13,19)20)15(23)25-11-12-7-5-4-6-8-12/h4-8,13-14H,9-11H2,1-3H3. The summed E-state index contributed by atoms with van der Waals surface area (Å²) < 4.78 is 38.8. The van der Waals surface area contributed by atoms with E-state index >= 15 is 0 Å². The molecule has 26 heavy (non-hydrogen) atoms. The molecule has 0 aromatic heterocycles. The van der Waals surface area contributed by atoms with E-state index in [0.717, 1.165) is 15.4 Å². The highest BCUT2D eigenvalue weighted by Crippen LogP contribution is 2.51. The smallest absolute Gasteiger partial charge is 0.410 e. The molecule has 2 aliphatic rings. The summed E-state index contributed by atoms with van der Waals surface area (Å²) in [6, 6.07) is 6.25. The molecule has 8 heteroatoms. The van der Waals surface area contributed by atoms with Crippen LogP contribution in [0.3, 0.4) is 0 Å². The van der Waals surface area contributed by atoms with Gasteiger partial charge in [0.05, 0.1) is 0 Å². The van der Waals surface area contributed by atoms with Gasteiger partial charge < -0.3 is 9.47 Å². The second-order valence-corrected chi connectivity index (χ2v) is 7.47. The molecular formula is C18H22F2N2O4. The van der Waals surface area contributed by atoms with Crippen molar-refractivity contribution in [3.63, 3.8) is 0 Å². The van der Waals surface area contributed by atoms with Crippen LogP contribution in [0.15, 0.2) is 30.3 Å². The molecule has 1 aliphatic heterocycles. The van der Waals surface area contributed by atoms with Gasteiger partial charge in [-0.3, -0.25) is 9.80 Å². The molecular weight excluding hydrogens is 346 g/mol. The Morgan fingerprint density at radius 2 is 1.62 bits per heavy atom. The molecule has 1 aromatic rings. The number of halogens is 2. The number of ether oxygens (including phenoxy) is 2. The summed E-state index contributed by atoms with van der Waals surface area (Å²) >= 11 is 0. The first-order valence-electron chi connectivity index (χ1n) is 8.46. The van der Waals surface area contributed by atoms with Gasteiger partial charge >= 0.3 is 12.2 Å². The van der Waals surface area contributed by atoms with Crippen LogP contribution in [0, 0.1) is 0 Å².